The minimum atomic E-state index is -0.962. The Balaban J connectivity index is 1.51. The molecule has 4 atom stereocenters. The summed E-state index contributed by atoms with van der Waals surface area (Å²) in [5, 5.41) is 24.1. The summed E-state index contributed by atoms with van der Waals surface area (Å²) in [5.74, 6) is -1.42. The van der Waals surface area contributed by atoms with E-state index in [9.17, 15) is 29.2 Å². The Labute approximate surface area is 368 Å². The summed E-state index contributed by atoms with van der Waals surface area (Å²) in [6, 6.07) is 16.6. The fourth-order valence-corrected chi connectivity index (χ4v) is 8.52. The molecule has 62 heavy (non-hydrogen) atoms. The normalized spacial score (nSPS) is 19.3. The van der Waals surface area contributed by atoms with Crippen molar-refractivity contribution >= 4 is 29.9 Å². The van der Waals surface area contributed by atoms with Crippen molar-refractivity contribution in [1.29, 1.82) is 0 Å². The zero-order chi connectivity index (χ0) is 45.7. The van der Waals surface area contributed by atoms with Gasteiger partial charge in [0.15, 0.2) is 0 Å². The molecule has 2 aromatic rings. The topological polar surface area (TPSA) is 179 Å². The van der Waals surface area contributed by atoms with Crippen LogP contribution < -0.4 is 21.3 Å². The highest BCUT2D eigenvalue weighted by atomic mass is 16.6. The number of hydrogen-bond donors (Lipinski definition) is 5. The molecule has 2 heterocycles. The maximum Gasteiger partial charge on any atom is 0.408 e. The molecule has 14 nitrogen and oxygen atoms in total. The van der Waals surface area contributed by atoms with Gasteiger partial charge in [-0.1, -0.05) is 86.7 Å². The molecule has 0 aliphatic carbocycles. The van der Waals surface area contributed by atoms with E-state index < -0.39 is 58.8 Å². The first-order valence-electron chi connectivity index (χ1n) is 22.2. The Kier molecular flexibility index (Phi) is 18.0. The Morgan fingerprint density at radius 1 is 0.871 bits per heavy atom. The third-order valence-electron chi connectivity index (χ3n) is 11.2. The van der Waals surface area contributed by atoms with Crippen molar-refractivity contribution in [1.82, 2.24) is 31.2 Å². The number of benzene rings is 2. The minimum Gasteiger partial charge on any atom is -0.445 e. The van der Waals surface area contributed by atoms with E-state index in [2.05, 4.69) is 35.1 Å². The quantitative estimate of drug-likeness (QED) is 0.0776. The zero-order valence-corrected chi connectivity index (χ0v) is 38.4. The van der Waals surface area contributed by atoms with Crippen LogP contribution in [0, 0.1) is 11.8 Å². The van der Waals surface area contributed by atoms with Crippen molar-refractivity contribution in [2.45, 2.75) is 161 Å². The van der Waals surface area contributed by atoms with Crippen molar-refractivity contribution in [2.24, 2.45) is 11.8 Å². The summed E-state index contributed by atoms with van der Waals surface area (Å²) in [6.45, 7) is 17.9. The van der Waals surface area contributed by atoms with E-state index in [1.807, 2.05) is 101 Å². The predicted octanol–water partition coefficient (Wildman–Crippen LogP) is 7.05. The molecule has 2 saturated heterocycles. The number of nitrogens with zero attached hydrogens (tertiary/aromatic N) is 2. The molecule has 14 heteroatoms. The number of ether oxygens (including phenoxy) is 2. The van der Waals surface area contributed by atoms with E-state index in [0.717, 1.165) is 11.1 Å². The first-order chi connectivity index (χ1) is 29.1. The molecule has 2 fully saturated rings. The Morgan fingerprint density at radius 3 is 2.08 bits per heavy atom. The van der Waals surface area contributed by atoms with Gasteiger partial charge in [-0.2, -0.15) is 5.06 Å². The number of likely N-dealkylation sites (tertiary alicyclic amines) is 1. The molecule has 0 unspecified atom stereocenters. The number of alkyl carbamates (subject to hydrolysis) is 2. The van der Waals surface area contributed by atoms with Crippen molar-refractivity contribution in [3.05, 3.63) is 83.9 Å². The van der Waals surface area contributed by atoms with E-state index in [0.29, 0.717) is 51.5 Å². The maximum atomic E-state index is 14.6. The lowest BCUT2D eigenvalue weighted by Gasteiger charge is -2.51. The summed E-state index contributed by atoms with van der Waals surface area (Å²) in [5.41, 5.74) is -0.0971. The lowest BCUT2D eigenvalue weighted by Crippen LogP contribution is -2.64. The molecular formula is C48H72N6O8. The first kappa shape index (κ1) is 49.7. The van der Waals surface area contributed by atoms with Crippen LogP contribution in [0.2, 0.25) is 0 Å². The van der Waals surface area contributed by atoms with E-state index in [1.165, 1.54) is 5.06 Å². The number of carbonyl (C=O) groups excluding carboxylic acids is 5. The fraction of sp³-hybridized carbons (Fsp3) is 0.604. The summed E-state index contributed by atoms with van der Waals surface area (Å²) in [7, 11) is 0. The van der Waals surface area contributed by atoms with Crippen molar-refractivity contribution in [2.75, 3.05) is 13.1 Å². The second-order valence-corrected chi connectivity index (χ2v) is 19.5. The van der Waals surface area contributed by atoms with Gasteiger partial charge in [0, 0.05) is 30.2 Å². The van der Waals surface area contributed by atoms with Crippen LogP contribution in [0.15, 0.2) is 72.8 Å². The Bertz CT molecular complexity index is 1790. The SMILES string of the molecule is CC(C)C[C@@H](/C=C/[C@H](Cc1ccccc1)C(=O)N1CCC[C@H]1C(=O)N[C@H](CCCNC(=O)OCc1ccccc1)C(=O)NC1CC(C)(C)N(O)C(C)(C)C1)NC(=O)OC(C)(C)C. The average Bonchev–Trinajstić information content (AvgIpc) is 3.68. The number of hydrogen-bond acceptors (Lipinski definition) is 9. The Hall–Kier alpha value is -4.95. The van der Waals surface area contributed by atoms with E-state index in [1.54, 1.807) is 25.7 Å². The average molecular weight is 861 g/mol. The van der Waals surface area contributed by atoms with E-state index in [4.69, 9.17) is 9.47 Å². The van der Waals surface area contributed by atoms with Crippen LogP contribution >= 0.6 is 0 Å². The number of hydroxylamine groups is 2. The standard InChI is InChI=1S/C48H72N6O8/c1-33(2)28-37(51-45(59)62-46(3,4)5)25-24-36(29-34-18-12-10-13-19-34)43(57)53-27-17-23-40(53)42(56)52-39(22-16-26-49-44(58)61-32-35-20-14-11-15-21-35)41(55)50-38-30-47(6,7)54(60)48(8,9)31-38/h10-15,18-21,24-25,33,36-40,60H,16-17,22-23,26-32H2,1-9H3,(H,49,58)(H,50,55)(H,51,59)(H,52,56)/b25-24+/t36-,37-,39-,40+/m1/s1. The van der Waals surface area contributed by atoms with Crippen LogP contribution in [0.1, 0.15) is 118 Å². The molecular weight excluding hydrogens is 789 g/mol. The van der Waals surface area contributed by atoms with Crippen molar-refractivity contribution in [3.8, 4) is 0 Å². The first-order valence-corrected chi connectivity index (χ1v) is 22.2. The Morgan fingerprint density at radius 2 is 1.48 bits per heavy atom. The molecule has 0 aromatic heterocycles. The predicted molar refractivity (Wildman–Crippen MR) is 239 cm³/mol. The van der Waals surface area contributed by atoms with Crippen LogP contribution in [0.4, 0.5) is 9.59 Å². The highest BCUT2D eigenvalue weighted by Crippen LogP contribution is 2.36. The third-order valence-corrected chi connectivity index (χ3v) is 11.2. The summed E-state index contributed by atoms with van der Waals surface area (Å²) < 4.78 is 10.9. The molecule has 2 aliphatic heterocycles. The van der Waals surface area contributed by atoms with Gasteiger partial charge in [0.2, 0.25) is 17.7 Å². The van der Waals surface area contributed by atoms with Gasteiger partial charge in [0.05, 0.1) is 12.0 Å². The smallest absolute Gasteiger partial charge is 0.408 e. The second-order valence-electron chi connectivity index (χ2n) is 19.5. The van der Waals surface area contributed by atoms with Gasteiger partial charge < -0.3 is 40.8 Å². The number of carbonyl (C=O) groups is 5. The lowest BCUT2D eigenvalue weighted by atomic mass is 9.79. The molecule has 342 valence electrons. The molecule has 2 aliphatic rings. The molecule has 4 rings (SSSR count). The van der Waals surface area contributed by atoms with Crippen LogP contribution in [-0.2, 0) is 36.9 Å². The van der Waals surface area contributed by atoms with Crippen LogP contribution in [-0.4, -0.2) is 99.0 Å². The largest absolute Gasteiger partial charge is 0.445 e. The zero-order valence-electron chi connectivity index (χ0n) is 38.4. The highest BCUT2D eigenvalue weighted by molar-refractivity contribution is 5.93. The minimum absolute atomic E-state index is 0.118. The van der Waals surface area contributed by atoms with Gasteiger partial charge >= 0.3 is 12.2 Å². The molecule has 2 aromatic carbocycles. The van der Waals surface area contributed by atoms with E-state index >= 15 is 0 Å². The van der Waals surface area contributed by atoms with Gasteiger partial charge in [-0.25, -0.2) is 9.59 Å². The van der Waals surface area contributed by atoms with Gasteiger partial charge in [0.1, 0.15) is 24.3 Å². The van der Waals surface area contributed by atoms with Crippen molar-refractivity contribution < 1.29 is 38.7 Å². The van der Waals surface area contributed by atoms with Crippen LogP contribution in [0.3, 0.4) is 0 Å². The fourth-order valence-electron chi connectivity index (χ4n) is 8.52. The van der Waals surface area contributed by atoms with Gasteiger partial charge in [-0.3, -0.25) is 14.4 Å². The van der Waals surface area contributed by atoms with Gasteiger partial charge in [0.25, 0.3) is 0 Å². The maximum absolute atomic E-state index is 14.6. The molecule has 0 radical (unpaired) electrons. The molecule has 5 N–H and O–H groups in total. The summed E-state index contributed by atoms with van der Waals surface area (Å²) in [4.78, 5) is 69.9. The van der Waals surface area contributed by atoms with Crippen molar-refractivity contribution in [3.63, 3.8) is 0 Å². The highest BCUT2D eigenvalue weighted by Gasteiger charge is 2.46. The summed E-state index contributed by atoms with van der Waals surface area (Å²) in [6.07, 6.45) is 6.15. The monoisotopic (exact) mass is 861 g/mol. The second kappa shape index (κ2) is 22.4. The number of piperidine rings is 1. The van der Waals surface area contributed by atoms with Gasteiger partial charge in [-0.05, 0) is 117 Å². The van der Waals surface area contributed by atoms with Crippen LogP contribution in [0.25, 0.3) is 0 Å². The number of amides is 5. The lowest BCUT2D eigenvalue weighted by molar-refractivity contribution is -0.246. The number of nitrogens with one attached hydrogen (secondary N) is 4. The summed E-state index contributed by atoms with van der Waals surface area (Å²) >= 11 is 0. The number of rotatable bonds is 18. The van der Waals surface area contributed by atoms with Crippen LogP contribution in [0.5, 0.6) is 0 Å². The molecule has 0 spiro atoms. The third kappa shape index (κ3) is 15.7. The van der Waals surface area contributed by atoms with Gasteiger partial charge in [-0.15, -0.1) is 0 Å². The molecule has 0 bridgehead atoms. The van der Waals surface area contributed by atoms with E-state index in [-0.39, 0.29) is 43.3 Å². The molecule has 0 saturated carbocycles. The molecule has 5 amide bonds.